The average molecular weight is 314 g/mol. The van der Waals surface area contributed by atoms with Crippen LogP contribution in [0.2, 0.25) is 0 Å². The van der Waals surface area contributed by atoms with Gasteiger partial charge in [0, 0.05) is 0 Å². The summed E-state index contributed by atoms with van der Waals surface area (Å²) >= 11 is 0. The molecule has 1 fully saturated rings. The number of carbonyl (C=O) groups excluding carboxylic acids is 1. The van der Waals surface area contributed by atoms with Gasteiger partial charge in [-0.3, -0.25) is 9.32 Å². The fourth-order valence-corrected chi connectivity index (χ4v) is 1.83. The zero-order valence-electron chi connectivity index (χ0n) is 11.2. The van der Waals surface area contributed by atoms with E-state index in [-0.39, 0.29) is 12.4 Å². The van der Waals surface area contributed by atoms with E-state index in [1.165, 1.54) is 0 Å². The number of ether oxygens (including phenoxy) is 1. The van der Waals surface area contributed by atoms with Gasteiger partial charge in [0.2, 0.25) is 7.84 Å². The number of hydrogen-bond acceptors (Lipinski definition) is 8. The molecule has 20 heavy (non-hydrogen) atoms. The molecule has 7 N–H and O–H groups in total. The highest BCUT2D eigenvalue weighted by atomic mass is 31.2. The number of amidine groups is 1. The molecule has 1 amide bonds. The number of carbonyl (C=O) groups is 1. The number of nitrogens with zero attached hydrogens (tertiary/aromatic N) is 1. The van der Waals surface area contributed by atoms with Crippen LogP contribution >= 0.6 is 7.82 Å². The van der Waals surface area contributed by atoms with Gasteiger partial charge in [0.15, 0.2) is 6.23 Å². The number of aliphatic hydroxyl groups excluding tert-OH is 2. The second-order valence-corrected chi connectivity index (χ2v) is 5.13. The first-order valence-corrected chi connectivity index (χ1v) is 6.93. The number of aliphatic hydroxyl groups is 2. The van der Waals surface area contributed by atoms with E-state index in [0.29, 0.717) is 6.41 Å². The van der Waals surface area contributed by atoms with Crippen LogP contribution in [0.15, 0.2) is 4.99 Å². The summed E-state index contributed by atoms with van der Waals surface area (Å²) in [6.07, 6.45) is -4.88. The Labute approximate surface area is 115 Å². The van der Waals surface area contributed by atoms with Crippen molar-refractivity contribution in [3.8, 4) is 0 Å². The standard InChI is InChI=1S/C8H16N3O8P/c9-5(1-10-3-12)11-8-7(14)6(13)4(19-8)2-18-20(15,16)17/h3-4,6-8,13-14H,1-2H2,(H2,9,11)(H,10,12)(H2,15,16,17)/t4-,6-,7-,8?/m1/s1/i/hD. The van der Waals surface area contributed by atoms with Crippen LogP contribution in [0.4, 0.5) is 0 Å². The molecule has 116 valence electrons. The Morgan fingerprint density at radius 2 is 2.30 bits per heavy atom. The molecule has 0 aromatic rings. The summed E-state index contributed by atoms with van der Waals surface area (Å²) in [5, 5.41) is 21.6. The molecule has 11 nitrogen and oxygen atoms in total. The lowest BCUT2D eigenvalue weighted by Crippen LogP contribution is -2.35. The first-order chi connectivity index (χ1) is 9.80. The van der Waals surface area contributed by atoms with E-state index in [2.05, 4.69) is 19.7 Å². The van der Waals surface area contributed by atoms with Gasteiger partial charge in [-0.2, -0.15) is 0 Å². The molecule has 1 rings (SSSR count). The van der Waals surface area contributed by atoms with Crippen molar-refractivity contribution in [2.45, 2.75) is 24.5 Å². The fraction of sp³-hybridized carbons (Fsp3) is 0.750. The van der Waals surface area contributed by atoms with Crippen LogP contribution in [0.25, 0.3) is 0 Å². The van der Waals surface area contributed by atoms with E-state index >= 15 is 0 Å². The van der Waals surface area contributed by atoms with Crippen molar-refractivity contribution < 1.29 is 38.6 Å². The molecule has 0 bridgehead atoms. The third kappa shape index (κ3) is 5.13. The molecule has 12 heteroatoms. The number of phosphoric ester groups is 1. The Bertz CT molecular complexity index is 438. The molecule has 0 saturated carbocycles. The molecule has 0 spiro atoms. The Morgan fingerprint density at radius 1 is 1.60 bits per heavy atom. The Balaban J connectivity index is 2.60. The quantitative estimate of drug-likeness (QED) is 0.115. The van der Waals surface area contributed by atoms with Crippen LogP contribution in [0.1, 0.15) is 0 Å². The van der Waals surface area contributed by atoms with Crippen molar-refractivity contribution in [1.29, 1.82) is 1.43 Å². The van der Waals surface area contributed by atoms with Crippen LogP contribution < -0.4 is 11.1 Å². The van der Waals surface area contributed by atoms with Gasteiger partial charge in [-0.15, -0.1) is 0 Å². The van der Waals surface area contributed by atoms with E-state index in [0.717, 1.165) is 0 Å². The lowest BCUT2D eigenvalue weighted by molar-refractivity contribution is -0.109. The number of phosphoric acid groups is 1. The molecule has 1 aliphatic heterocycles. The average Bonchev–Trinajstić information content (AvgIpc) is 2.71. The number of hydrogen-bond donors (Lipinski definition) is 6. The third-order valence-corrected chi connectivity index (χ3v) is 2.87. The normalized spacial score (nSPS) is 34.4. The summed E-state index contributed by atoms with van der Waals surface area (Å²) in [4.78, 5) is 26.2. The number of rotatable bonds is 8. The summed E-state index contributed by atoms with van der Waals surface area (Å²) in [5.41, 5.74) is 5.45. The second kappa shape index (κ2) is 7.09. The van der Waals surface area contributed by atoms with E-state index in [1.807, 2.05) is 0 Å². The molecule has 5 atom stereocenters. The Morgan fingerprint density at radius 3 is 2.90 bits per heavy atom. The van der Waals surface area contributed by atoms with Gasteiger partial charge in [0.05, 0.1) is 13.2 Å². The van der Waals surface area contributed by atoms with Crippen molar-refractivity contribution in [2.24, 2.45) is 10.7 Å². The molecule has 0 aliphatic carbocycles. The van der Waals surface area contributed by atoms with E-state index in [4.69, 9.17) is 16.8 Å². The minimum atomic E-state index is -4.55. The fourth-order valence-electron chi connectivity index (χ4n) is 1.50. The summed E-state index contributed by atoms with van der Waals surface area (Å²) < 4.78 is 26.7. The maximum Gasteiger partial charge on any atom is 0.469 e. The SMILES string of the molecule is [2H]OP(=O)(O)OC[C@H]1OC(/N=C(\N)CNC=O)[C@H](O)[C@@H]1O. The summed E-state index contributed by atoms with van der Waals surface area (Å²) in [7, 11) is -4.55. The maximum absolute atomic E-state index is 10.9. The zero-order valence-corrected chi connectivity index (χ0v) is 11.1. The zero-order chi connectivity index (χ0) is 16.0. The van der Waals surface area contributed by atoms with Crippen LogP contribution in [-0.2, 0) is 18.6 Å². The monoisotopic (exact) mass is 314 g/mol. The number of amides is 1. The first kappa shape index (κ1) is 15.3. The topological polar surface area (TPSA) is 184 Å². The highest BCUT2D eigenvalue weighted by Crippen LogP contribution is 2.37. The third-order valence-electron chi connectivity index (χ3n) is 2.40. The minimum absolute atomic E-state index is 0.0535. The van der Waals surface area contributed by atoms with Gasteiger partial charge < -0.3 is 35.8 Å². The highest BCUT2D eigenvalue weighted by molar-refractivity contribution is 7.46. The molecule has 1 saturated heterocycles. The molecule has 0 aromatic heterocycles. The van der Waals surface area contributed by atoms with Crippen molar-refractivity contribution in [2.75, 3.05) is 13.2 Å². The maximum atomic E-state index is 10.9. The lowest BCUT2D eigenvalue weighted by Gasteiger charge is -2.14. The molecular formula is C8H16N3O8P. The van der Waals surface area contributed by atoms with Crippen LogP contribution in [0, 0.1) is 0 Å². The largest absolute Gasteiger partial charge is 0.469 e. The second-order valence-electron chi connectivity index (χ2n) is 3.93. The van der Waals surface area contributed by atoms with Gasteiger partial charge in [0.1, 0.15) is 24.1 Å². The van der Waals surface area contributed by atoms with Gasteiger partial charge in [-0.25, -0.2) is 9.56 Å². The van der Waals surface area contributed by atoms with Crippen LogP contribution in [0.5, 0.6) is 0 Å². The predicted molar refractivity (Wildman–Crippen MR) is 64.4 cm³/mol. The lowest BCUT2D eigenvalue weighted by atomic mass is 10.1. The smallest absolute Gasteiger partial charge is 0.387 e. The molecule has 1 aliphatic rings. The van der Waals surface area contributed by atoms with Gasteiger partial charge in [-0.05, 0) is 0 Å². The predicted octanol–water partition coefficient (Wildman–Crippen LogP) is -3.35. The Kier molecular flexibility index (Phi) is 5.43. The number of aliphatic imine (C=N–C) groups is 1. The summed E-state index contributed by atoms with van der Waals surface area (Å²) in [5.74, 6) is -0.0535. The summed E-state index contributed by atoms with van der Waals surface area (Å²) in [6, 6.07) is 0. The van der Waals surface area contributed by atoms with Gasteiger partial charge >= 0.3 is 7.82 Å². The first-order valence-electron chi connectivity index (χ1n) is 5.84. The number of nitrogens with two attached hydrogens (primary N) is 1. The van der Waals surface area contributed by atoms with Gasteiger partial charge in [-0.1, -0.05) is 0 Å². The van der Waals surface area contributed by atoms with Crippen molar-refractivity contribution in [1.82, 2.24) is 5.32 Å². The summed E-state index contributed by atoms with van der Waals surface area (Å²) in [6.45, 7) is -0.685. The Hall–Kier alpha value is -1.07. The number of nitrogens with one attached hydrogen (secondary N) is 1. The van der Waals surface area contributed by atoms with Crippen LogP contribution in [-0.4, -0.2) is 71.4 Å². The van der Waals surface area contributed by atoms with Crippen molar-refractivity contribution >= 4 is 20.1 Å². The van der Waals surface area contributed by atoms with E-state index in [9.17, 15) is 19.6 Å². The van der Waals surface area contributed by atoms with E-state index in [1.54, 1.807) is 0 Å². The van der Waals surface area contributed by atoms with Crippen LogP contribution in [0.3, 0.4) is 0 Å². The molecule has 2 unspecified atom stereocenters. The van der Waals surface area contributed by atoms with E-state index < -0.39 is 39.0 Å². The highest BCUT2D eigenvalue weighted by Gasteiger charge is 2.43. The molecule has 0 aromatic carbocycles. The minimum Gasteiger partial charge on any atom is -0.387 e. The molecular weight excluding hydrogens is 297 g/mol. The molecule has 0 radical (unpaired) electrons. The van der Waals surface area contributed by atoms with Gasteiger partial charge in [0.25, 0.3) is 0 Å². The van der Waals surface area contributed by atoms with Crippen molar-refractivity contribution in [3.63, 3.8) is 0 Å². The van der Waals surface area contributed by atoms with Crippen molar-refractivity contribution in [3.05, 3.63) is 0 Å². The molecule has 1 heterocycles.